The molecule has 3 unspecified atom stereocenters. The molecule has 2 heterocycles. The van der Waals surface area contributed by atoms with Crippen LogP contribution in [0.3, 0.4) is 0 Å². The van der Waals surface area contributed by atoms with Crippen LogP contribution in [0.2, 0.25) is 0 Å². The van der Waals surface area contributed by atoms with E-state index in [1.165, 1.54) is 32.1 Å². The number of nitrogens with zero attached hydrogens (tertiary/aromatic N) is 4. The minimum Gasteiger partial charge on any atom is -0.377 e. The topological polar surface area (TPSA) is 76.4 Å². The second-order valence-corrected chi connectivity index (χ2v) is 8.12. The van der Waals surface area contributed by atoms with E-state index in [4.69, 9.17) is 9.73 Å². The van der Waals surface area contributed by atoms with Crippen molar-refractivity contribution in [2.24, 2.45) is 23.4 Å². The van der Waals surface area contributed by atoms with Crippen molar-refractivity contribution < 1.29 is 4.74 Å². The highest BCUT2D eigenvalue weighted by Gasteiger charge is 2.66. The van der Waals surface area contributed by atoms with E-state index < -0.39 is 0 Å². The fraction of sp³-hybridized carbons (Fsp3) is 0.842. The Bertz CT molecular complexity index is 665. The number of aromatic nitrogens is 3. The summed E-state index contributed by atoms with van der Waals surface area (Å²) in [4.78, 5) is 4.83. The second-order valence-electron chi connectivity index (χ2n) is 8.12. The first-order valence-electron chi connectivity index (χ1n) is 10.2. The highest BCUT2D eigenvalue weighted by molar-refractivity contribution is 5.80. The van der Waals surface area contributed by atoms with Crippen molar-refractivity contribution in [3.63, 3.8) is 0 Å². The molecule has 0 amide bonds. The first-order valence-corrected chi connectivity index (χ1v) is 10.2. The molecule has 0 bridgehead atoms. The van der Waals surface area contributed by atoms with Gasteiger partial charge in [-0.05, 0) is 32.6 Å². The minimum atomic E-state index is 0.357. The first kappa shape index (κ1) is 17.8. The third kappa shape index (κ3) is 2.90. The molecule has 1 aliphatic heterocycles. The van der Waals surface area contributed by atoms with Crippen molar-refractivity contribution in [1.82, 2.24) is 25.4 Å². The lowest BCUT2D eigenvalue weighted by molar-refractivity contribution is -0.171. The van der Waals surface area contributed by atoms with Gasteiger partial charge in [-0.1, -0.05) is 19.8 Å². The zero-order valence-electron chi connectivity index (χ0n) is 16.3. The predicted octanol–water partition coefficient (Wildman–Crippen LogP) is 1.92. The van der Waals surface area contributed by atoms with Crippen LogP contribution in [-0.4, -0.2) is 46.0 Å². The largest absolute Gasteiger partial charge is 0.377 e. The number of nitrogens with one attached hydrogen (secondary N) is 2. The number of fused-ring (bicyclic) bond motifs is 2. The number of unbranched alkanes of at least 4 members (excludes halogenated alkanes) is 1. The third-order valence-electron chi connectivity index (χ3n) is 6.71. The molecule has 26 heavy (non-hydrogen) atoms. The SMILES string of the molecule is CCCCNC(=NCc1nnc(C)n1C)NC1C2CCOC2C12CCC2. The fourth-order valence-electron chi connectivity index (χ4n) is 4.88. The molecule has 4 rings (SSSR count). The Hall–Kier alpha value is -1.63. The summed E-state index contributed by atoms with van der Waals surface area (Å²) in [6.45, 7) is 6.59. The van der Waals surface area contributed by atoms with Gasteiger partial charge in [-0.2, -0.15) is 0 Å². The number of guanidine groups is 1. The van der Waals surface area contributed by atoms with Crippen LogP contribution in [0.4, 0.5) is 0 Å². The molecular weight excluding hydrogens is 328 g/mol. The van der Waals surface area contributed by atoms with E-state index >= 15 is 0 Å². The highest BCUT2D eigenvalue weighted by atomic mass is 16.5. The quantitative estimate of drug-likeness (QED) is 0.460. The summed E-state index contributed by atoms with van der Waals surface area (Å²) < 4.78 is 8.05. The van der Waals surface area contributed by atoms with Crippen LogP contribution in [0.15, 0.2) is 4.99 Å². The van der Waals surface area contributed by atoms with Gasteiger partial charge in [-0.25, -0.2) is 4.99 Å². The lowest BCUT2D eigenvalue weighted by atomic mass is 9.46. The molecule has 3 aliphatic rings. The van der Waals surface area contributed by atoms with Gasteiger partial charge in [-0.3, -0.25) is 0 Å². The van der Waals surface area contributed by atoms with Crippen molar-refractivity contribution in [1.29, 1.82) is 0 Å². The van der Waals surface area contributed by atoms with Crippen molar-refractivity contribution in [3.05, 3.63) is 11.6 Å². The van der Waals surface area contributed by atoms with Crippen molar-refractivity contribution in [3.8, 4) is 0 Å². The van der Waals surface area contributed by atoms with Crippen molar-refractivity contribution in [2.45, 2.75) is 71.1 Å². The molecule has 7 heteroatoms. The molecule has 2 saturated carbocycles. The van der Waals surface area contributed by atoms with Crippen molar-refractivity contribution >= 4 is 5.96 Å². The van der Waals surface area contributed by atoms with Gasteiger partial charge < -0.3 is 19.9 Å². The summed E-state index contributed by atoms with van der Waals surface area (Å²) >= 11 is 0. The Kier molecular flexibility index (Phi) is 4.90. The number of ether oxygens (including phenoxy) is 1. The average molecular weight is 361 g/mol. The van der Waals surface area contributed by atoms with Gasteiger partial charge in [-0.15, -0.1) is 10.2 Å². The number of hydrogen-bond donors (Lipinski definition) is 2. The summed E-state index contributed by atoms with van der Waals surface area (Å²) in [7, 11) is 1.99. The van der Waals surface area contributed by atoms with Gasteiger partial charge >= 0.3 is 0 Å². The zero-order valence-corrected chi connectivity index (χ0v) is 16.3. The third-order valence-corrected chi connectivity index (χ3v) is 6.71. The van der Waals surface area contributed by atoms with E-state index in [9.17, 15) is 0 Å². The van der Waals surface area contributed by atoms with Gasteiger partial charge in [0, 0.05) is 37.6 Å². The lowest BCUT2D eigenvalue weighted by Gasteiger charge is -2.63. The normalized spacial score (nSPS) is 29.2. The summed E-state index contributed by atoms with van der Waals surface area (Å²) in [5.74, 6) is 3.38. The van der Waals surface area contributed by atoms with Crippen LogP contribution in [0, 0.1) is 18.3 Å². The molecule has 2 N–H and O–H groups in total. The summed E-state index contributed by atoms with van der Waals surface area (Å²) in [5, 5.41) is 15.7. The standard InChI is InChI=1S/C19H32N6O/c1-4-5-10-20-18(21-12-15-24-23-13(2)25(15)3)22-16-14-7-11-26-17(14)19(16)8-6-9-19/h14,16-17H,4-12H2,1-3H3,(H2,20,21,22). The molecule has 3 fully saturated rings. The number of aliphatic imine (C=N–C) groups is 1. The molecule has 0 aromatic carbocycles. The first-order chi connectivity index (χ1) is 12.7. The number of hydrogen-bond acceptors (Lipinski definition) is 4. The van der Waals surface area contributed by atoms with E-state index in [0.717, 1.165) is 37.2 Å². The van der Waals surface area contributed by atoms with Gasteiger partial charge in [0.25, 0.3) is 0 Å². The van der Waals surface area contributed by atoms with E-state index in [0.29, 0.717) is 30.0 Å². The van der Waals surface area contributed by atoms with E-state index in [-0.39, 0.29) is 0 Å². The Morgan fingerprint density at radius 2 is 2.23 bits per heavy atom. The summed E-state index contributed by atoms with van der Waals surface area (Å²) in [5.41, 5.74) is 0.357. The number of rotatable bonds is 6. The highest BCUT2D eigenvalue weighted by Crippen LogP contribution is 2.62. The minimum absolute atomic E-state index is 0.357. The molecule has 2 aliphatic carbocycles. The Morgan fingerprint density at radius 3 is 2.88 bits per heavy atom. The Labute approximate surface area is 156 Å². The van der Waals surface area contributed by atoms with Crippen LogP contribution >= 0.6 is 0 Å². The maximum atomic E-state index is 6.05. The molecule has 1 aromatic rings. The van der Waals surface area contributed by atoms with E-state index in [2.05, 4.69) is 27.8 Å². The smallest absolute Gasteiger partial charge is 0.191 e. The summed E-state index contributed by atoms with van der Waals surface area (Å²) in [6, 6.07) is 0.498. The molecule has 7 nitrogen and oxygen atoms in total. The van der Waals surface area contributed by atoms with E-state index in [1.807, 2.05) is 18.5 Å². The van der Waals surface area contributed by atoms with Gasteiger partial charge in [0.2, 0.25) is 0 Å². The molecule has 0 radical (unpaired) electrons. The van der Waals surface area contributed by atoms with Crippen molar-refractivity contribution in [2.75, 3.05) is 13.2 Å². The van der Waals surface area contributed by atoms with Crippen LogP contribution in [0.25, 0.3) is 0 Å². The van der Waals surface area contributed by atoms with Crippen LogP contribution < -0.4 is 10.6 Å². The second kappa shape index (κ2) is 7.18. The average Bonchev–Trinajstić information content (AvgIpc) is 3.14. The number of aryl methyl sites for hydroxylation is 1. The van der Waals surface area contributed by atoms with Gasteiger partial charge in [0.1, 0.15) is 12.4 Å². The van der Waals surface area contributed by atoms with Crippen LogP contribution in [0.1, 0.15) is 57.1 Å². The maximum absolute atomic E-state index is 6.05. The summed E-state index contributed by atoms with van der Waals surface area (Å²) in [6.07, 6.45) is 7.89. The Morgan fingerprint density at radius 1 is 1.38 bits per heavy atom. The molecule has 144 valence electrons. The predicted molar refractivity (Wildman–Crippen MR) is 101 cm³/mol. The molecule has 1 aromatic heterocycles. The maximum Gasteiger partial charge on any atom is 0.191 e. The van der Waals surface area contributed by atoms with Gasteiger partial charge in [0.05, 0.1) is 6.10 Å². The molecule has 1 spiro atoms. The molecule has 3 atom stereocenters. The Balaban J connectivity index is 1.46. The molecular formula is C19H32N6O. The van der Waals surface area contributed by atoms with E-state index in [1.54, 1.807) is 0 Å². The molecule has 1 saturated heterocycles. The lowest BCUT2D eigenvalue weighted by Crippen LogP contribution is -2.72. The fourth-order valence-corrected chi connectivity index (χ4v) is 4.88. The van der Waals surface area contributed by atoms with Gasteiger partial charge in [0.15, 0.2) is 11.8 Å². The van der Waals surface area contributed by atoms with Crippen LogP contribution in [0.5, 0.6) is 0 Å². The monoisotopic (exact) mass is 360 g/mol. The zero-order chi connectivity index (χ0) is 18.1. The van der Waals surface area contributed by atoms with Crippen LogP contribution in [-0.2, 0) is 18.3 Å².